The maximum atomic E-state index is 5.23. The first-order valence-corrected chi connectivity index (χ1v) is 7.76. The quantitative estimate of drug-likeness (QED) is 0.654. The van der Waals surface area contributed by atoms with Gasteiger partial charge in [-0.3, -0.25) is 4.99 Å². The Labute approximate surface area is 128 Å². The molecule has 0 fully saturated rings. The van der Waals surface area contributed by atoms with Gasteiger partial charge in [-0.1, -0.05) is 12.1 Å². The Bertz CT molecular complexity index is 617. The van der Waals surface area contributed by atoms with E-state index in [4.69, 9.17) is 4.52 Å². The number of thiazole rings is 1. The monoisotopic (exact) mass is 307 g/mol. The van der Waals surface area contributed by atoms with Gasteiger partial charge in [0.2, 0.25) is 0 Å². The average Bonchev–Trinajstić information content (AvgIpc) is 3.05. The first-order valence-electron chi connectivity index (χ1n) is 6.94. The molecule has 0 atom stereocenters. The molecule has 2 N–H and O–H groups in total. The number of aromatic nitrogens is 2. The van der Waals surface area contributed by atoms with E-state index in [1.165, 1.54) is 4.88 Å². The molecule has 0 saturated carbocycles. The molecule has 2 rings (SSSR count). The zero-order valence-electron chi connectivity index (χ0n) is 12.9. The van der Waals surface area contributed by atoms with Crippen molar-refractivity contribution in [1.82, 2.24) is 20.8 Å². The van der Waals surface area contributed by atoms with E-state index in [2.05, 4.69) is 32.7 Å². The Morgan fingerprint density at radius 3 is 2.67 bits per heavy atom. The average molecular weight is 307 g/mol. The maximum Gasteiger partial charge on any atom is 0.191 e. The van der Waals surface area contributed by atoms with E-state index in [0.29, 0.717) is 13.1 Å². The second kappa shape index (κ2) is 7.21. The zero-order chi connectivity index (χ0) is 15.2. The van der Waals surface area contributed by atoms with Gasteiger partial charge in [0.05, 0.1) is 29.5 Å². The molecule has 2 heterocycles. The summed E-state index contributed by atoms with van der Waals surface area (Å²) in [6.07, 6.45) is 0.875. The standard InChI is InChI=1S/C14H21N5OS/c1-5-11-6-12(20-19-11)7-16-14(15-4)17-8-13-9(2)18-10(3)21-13/h6H,5,7-8H2,1-4H3,(H2,15,16,17). The molecule has 0 aliphatic rings. The lowest BCUT2D eigenvalue weighted by atomic mass is 10.3. The molecule has 0 aromatic carbocycles. The molecule has 6 nitrogen and oxygen atoms in total. The van der Waals surface area contributed by atoms with E-state index in [1.54, 1.807) is 18.4 Å². The molecule has 21 heavy (non-hydrogen) atoms. The Morgan fingerprint density at radius 1 is 1.33 bits per heavy atom. The molecule has 7 heteroatoms. The fourth-order valence-electron chi connectivity index (χ4n) is 1.90. The maximum absolute atomic E-state index is 5.23. The molecule has 2 aromatic heterocycles. The van der Waals surface area contributed by atoms with E-state index in [1.807, 2.05) is 19.9 Å². The van der Waals surface area contributed by atoms with Crippen molar-refractivity contribution in [2.24, 2.45) is 4.99 Å². The van der Waals surface area contributed by atoms with Crippen LogP contribution in [0.25, 0.3) is 0 Å². The minimum atomic E-state index is 0.563. The number of hydrogen-bond donors (Lipinski definition) is 2. The molecule has 114 valence electrons. The molecule has 0 saturated heterocycles. The fourth-order valence-corrected chi connectivity index (χ4v) is 2.78. The Morgan fingerprint density at radius 2 is 2.10 bits per heavy atom. The molecule has 0 unspecified atom stereocenters. The van der Waals surface area contributed by atoms with Crippen LogP contribution in [-0.4, -0.2) is 23.1 Å². The topological polar surface area (TPSA) is 75.3 Å². The minimum absolute atomic E-state index is 0.563. The van der Waals surface area contributed by atoms with Crippen molar-refractivity contribution in [3.63, 3.8) is 0 Å². The number of aliphatic imine (C=N–C) groups is 1. The van der Waals surface area contributed by atoms with Gasteiger partial charge in [-0.05, 0) is 20.3 Å². The van der Waals surface area contributed by atoms with E-state index < -0.39 is 0 Å². The largest absolute Gasteiger partial charge is 0.359 e. The van der Waals surface area contributed by atoms with Gasteiger partial charge in [-0.2, -0.15) is 0 Å². The van der Waals surface area contributed by atoms with E-state index in [9.17, 15) is 0 Å². The third kappa shape index (κ3) is 4.29. The number of hydrogen-bond acceptors (Lipinski definition) is 5. The summed E-state index contributed by atoms with van der Waals surface area (Å²) in [6, 6.07) is 1.96. The highest BCUT2D eigenvalue weighted by atomic mass is 32.1. The summed E-state index contributed by atoms with van der Waals surface area (Å²) in [7, 11) is 1.75. The molecular formula is C14H21N5OS. The van der Waals surface area contributed by atoms with E-state index in [-0.39, 0.29) is 0 Å². The summed E-state index contributed by atoms with van der Waals surface area (Å²) in [5, 5.41) is 11.5. The number of guanidine groups is 1. The molecule has 0 amide bonds. The van der Waals surface area contributed by atoms with Crippen LogP contribution in [0.5, 0.6) is 0 Å². The van der Waals surface area contributed by atoms with E-state index in [0.717, 1.165) is 34.5 Å². The van der Waals surface area contributed by atoms with Crippen LogP contribution in [0.4, 0.5) is 0 Å². The van der Waals surface area contributed by atoms with Crippen LogP contribution in [0.3, 0.4) is 0 Å². The summed E-state index contributed by atoms with van der Waals surface area (Å²) < 4.78 is 5.23. The predicted molar refractivity (Wildman–Crippen MR) is 84.5 cm³/mol. The van der Waals surface area contributed by atoms with Crippen LogP contribution in [0, 0.1) is 13.8 Å². The second-order valence-corrected chi connectivity index (χ2v) is 5.95. The lowest BCUT2D eigenvalue weighted by Crippen LogP contribution is -2.36. The van der Waals surface area contributed by atoms with Gasteiger partial charge in [0.1, 0.15) is 0 Å². The lowest BCUT2D eigenvalue weighted by molar-refractivity contribution is 0.374. The molecule has 0 bridgehead atoms. The first-order chi connectivity index (χ1) is 10.1. The summed E-state index contributed by atoms with van der Waals surface area (Å²) in [6.45, 7) is 7.37. The highest BCUT2D eigenvalue weighted by Crippen LogP contribution is 2.16. The highest BCUT2D eigenvalue weighted by Gasteiger charge is 2.07. The van der Waals surface area contributed by atoms with E-state index >= 15 is 0 Å². The van der Waals surface area contributed by atoms with Crippen molar-refractivity contribution in [1.29, 1.82) is 0 Å². The molecule has 0 aliphatic carbocycles. The summed E-state index contributed by atoms with van der Waals surface area (Å²) in [5.74, 6) is 1.54. The van der Waals surface area contributed by atoms with Gasteiger partial charge in [0.15, 0.2) is 11.7 Å². The number of nitrogens with one attached hydrogen (secondary N) is 2. The fraction of sp³-hybridized carbons (Fsp3) is 0.500. The number of nitrogens with zero attached hydrogens (tertiary/aromatic N) is 3. The van der Waals surface area contributed by atoms with Crippen LogP contribution in [0.2, 0.25) is 0 Å². The summed E-state index contributed by atoms with van der Waals surface area (Å²) in [5.41, 5.74) is 2.04. The Balaban J connectivity index is 1.84. The first kappa shape index (κ1) is 15.5. The van der Waals surface area contributed by atoms with Gasteiger partial charge in [-0.15, -0.1) is 11.3 Å². The van der Waals surface area contributed by atoms with Crippen LogP contribution >= 0.6 is 11.3 Å². The Kier molecular flexibility index (Phi) is 5.32. The van der Waals surface area contributed by atoms with Crippen LogP contribution < -0.4 is 10.6 Å². The second-order valence-electron chi connectivity index (χ2n) is 4.66. The lowest BCUT2D eigenvalue weighted by Gasteiger charge is -2.09. The summed E-state index contributed by atoms with van der Waals surface area (Å²) >= 11 is 1.70. The van der Waals surface area contributed by atoms with Crippen LogP contribution in [0.15, 0.2) is 15.6 Å². The summed E-state index contributed by atoms with van der Waals surface area (Å²) in [4.78, 5) is 9.84. The van der Waals surface area contributed by atoms with Crippen molar-refractivity contribution < 1.29 is 4.52 Å². The number of rotatable bonds is 5. The van der Waals surface area contributed by atoms with Crippen molar-refractivity contribution >= 4 is 17.3 Å². The van der Waals surface area contributed by atoms with Crippen molar-refractivity contribution in [3.05, 3.63) is 33.1 Å². The molecule has 2 aromatic rings. The van der Waals surface area contributed by atoms with Crippen molar-refractivity contribution in [2.75, 3.05) is 7.05 Å². The molecule has 0 radical (unpaired) electrons. The predicted octanol–water partition coefficient (Wildman–Crippen LogP) is 2.18. The molecule has 0 spiro atoms. The van der Waals surface area contributed by atoms with Gasteiger partial charge in [0, 0.05) is 18.0 Å². The normalized spacial score (nSPS) is 11.7. The SMILES string of the molecule is CCc1cc(CNC(=NC)NCc2sc(C)nc2C)on1. The molecule has 0 aliphatic heterocycles. The molecular weight excluding hydrogens is 286 g/mol. The highest BCUT2D eigenvalue weighted by molar-refractivity contribution is 7.11. The van der Waals surface area contributed by atoms with Crippen LogP contribution in [0.1, 0.15) is 34.0 Å². The van der Waals surface area contributed by atoms with Gasteiger partial charge in [-0.25, -0.2) is 4.98 Å². The van der Waals surface area contributed by atoms with Crippen molar-refractivity contribution in [2.45, 2.75) is 40.3 Å². The van der Waals surface area contributed by atoms with Gasteiger partial charge in [0.25, 0.3) is 0 Å². The van der Waals surface area contributed by atoms with Gasteiger partial charge >= 0.3 is 0 Å². The van der Waals surface area contributed by atoms with Gasteiger partial charge < -0.3 is 15.2 Å². The third-order valence-corrected chi connectivity index (χ3v) is 4.11. The zero-order valence-corrected chi connectivity index (χ0v) is 13.7. The Hall–Kier alpha value is -1.89. The van der Waals surface area contributed by atoms with Crippen molar-refractivity contribution in [3.8, 4) is 0 Å². The van der Waals surface area contributed by atoms with Crippen LogP contribution in [-0.2, 0) is 19.5 Å². The smallest absolute Gasteiger partial charge is 0.191 e. The number of aryl methyl sites for hydroxylation is 3. The third-order valence-electron chi connectivity index (χ3n) is 3.04. The minimum Gasteiger partial charge on any atom is -0.359 e.